The van der Waals surface area contributed by atoms with Gasteiger partial charge in [-0.25, -0.2) is 0 Å². The highest BCUT2D eigenvalue weighted by atomic mass is 32.1. The molecule has 4 nitrogen and oxygen atoms in total. The summed E-state index contributed by atoms with van der Waals surface area (Å²) in [5.74, 6) is 1.66. The lowest BCUT2D eigenvalue weighted by molar-refractivity contribution is 0.171. The van der Waals surface area contributed by atoms with E-state index in [0.717, 1.165) is 23.2 Å². The van der Waals surface area contributed by atoms with E-state index in [9.17, 15) is 0 Å². The molecule has 1 aromatic rings. The summed E-state index contributed by atoms with van der Waals surface area (Å²) in [7, 11) is 2.01. The third-order valence-corrected chi connectivity index (χ3v) is 3.71. The summed E-state index contributed by atoms with van der Waals surface area (Å²) in [6.45, 7) is 2.02. The first-order valence-corrected chi connectivity index (χ1v) is 7.03. The Hall–Kier alpha value is -1.49. The lowest BCUT2D eigenvalue weighted by atomic mass is 10.2. The Balaban J connectivity index is 1.63. The van der Waals surface area contributed by atoms with Gasteiger partial charge in [-0.2, -0.15) is 0 Å². The van der Waals surface area contributed by atoms with Gasteiger partial charge < -0.3 is 19.7 Å². The van der Waals surface area contributed by atoms with E-state index >= 15 is 0 Å². The van der Waals surface area contributed by atoms with Crippen molar-refractivity contribution < 1.29 is 9.47 Å². The first-order valence-electron chi connectivity index (χ1n) is 6.62. The van der Waals surface area contributed by atoms with Crippen molar-refractivity contribution in [3.8, 4) is 11.5 Å². The molecule has 1 saturated carbocycles. The number of thiocarbonyl (C=S) groups is 1. The Morgan fingerprint density at radius 3 is 2.79 bits per heavy atom. The van der Waals surface area contributed by atoms with E-state index in [4.69, 9.17) is 21.7 Å². The molecule has 1 aliphatic carbocycles. The lowest BCUT2D eigenvalue weighted by Crippen LogP contribution is -2.37. The predicted molar refractivity (Wildman–Crippen MR) is 77.7 cm³/mol. The zero-order valence-corrected chi connectivity index (χ0v) is 11.8. The number of ether oxygens (including phenoxy) is 2. The van der Waals surface area contributed by atoms with Crippen LogP contribution in [-0.4, -0.2) is 36.3 Å². The molecule has 5 heteroatoms. The van der Waals surface area contributed by atoms with Gasteiger partial charge in [0.15, 0.2) is 16.6 Å². The zero-order valence-electron chi connectivity index (χ0n) is 11.0. The Kier molecular flexibility index (Phi) is 3.46. The van der Waals surface area contributed by atoms with Crippen molar-refractivity contribution >= 4 is 17.3 Å². The van der Waals surface area contributed by atoms with E-state index in [0.29, 0.717) is 19.3 Å². The molecule has 0 spiro atoms. The van der Waals surface area contributed by atoms with Crippen LogP contribution in [0.4, 0.5) is 0 Å². The van der Waals surface area contributed by atoms with Gasteiger partial charge in [-0.05, 0) is 42.8 Å². The van der Waals surface area contributed by atoms with Crippen molar-refractivity contribution in [1.82, 2.24) is 10.2 Å². The Morgan fingerprint density at radius 2 is 2.05 bits per heavy atom. The average Bonchev–Trinajstić information content (AvgIpc) is 3.22. The summed E-state index contributed by atoms with van der Waals surface area (Å²) in [5, 5.41) is 4.15. The first kappa shape index (κ1) is 12.5. The monoisotopic (exact) mass is 278 g/mol. The van der Waals surface area contributed by atoms with E-state index in [1.807, 2.05) is 19.2 Å². The fraction of sp³-hybridized carbons (Fsp3) is 0.500. The minimum atomic E-state index is 0.593. The van der Waals surface area contributed by atoms with Gasteiger partial charge in [0, 0.05) is 19.6 Å². The topological polar surface area (TPSA) is 33.7 Å². The van der Waals surface area contributed by atoms with Crippen LogP contribution in [0.1, 0.15) is 18.4 Å². The SMILES string of the molecule is CN(Cc1ccc2c(c1)OCCO2)C(=S)NC1CC1. The van der Waals surface area contributed by atoms with Gasteiger partial charge in [0.25, 0.3) is 0 Å². The fourth-order valence-corrected chi connectivity index (χ4v) is 2.28. The second-order valence-electron chi connectivity index (χ2n) is 5.06. The number of benzene rings is 1. The number of rotatable bonds is 3. The Morgan fingerprint density at radius 1 is 1.32 bits per heavy atom. The van der Waals surface area contributed by atoms with Crippen LogP contribution < -0.4 is 14.8 Å². The highest BCUT2D eigenvalue weighted by molar-refractivity contribution is 7.80. The lowest BCUT2D eigenvalue weighted by Gasteiger charge is -2.23. The fourth-order valence-electron chi connectivity index (χ4n) is 2.04. The number of hydrogen-bond donors (Lipinski definition) is 1. The summed E-state index contributed by atoms with van der Waals surface area (Å²) >= 11 is 5.37. The molecule has 0 unspecified atom stereocenters. The second kappa shape index (κ2) is 5.25. The van der Waals surface area contributed by atoms with Crippen LogP contribution in [-0.2, 0) is 6.54 Å². The van der Waals surface area contributed by atoms with Crippen molar-refractivity contribution in [3.05, 3.63) is 23.8 Å². The molecule has 0 amide bonds. The van der Waals surface area contributed by atoms with Crippen molar-refractivity contribution in [3.63, 3.8) is 0 Å². The molecule has 0 bridgehead atoms. The normalized spacial score (nSPS) is 16.9. The number of nitrogens with one attached hydrogen (secondary N) is 1. The molecule has 1 N–H and O–H groups in total. The largest absolute Gasteiger partial charge is 0.486 e. The summed E-state index contributed by atoms with van der Waals surface area (Å²) < 4.78 is 11.1. The van der Waals surface area contributed by atoms with E-state index in [2.05, 4.69) is 16.3 Å². The van der Waals surface area contributed by atoms with Crippen LogP contribution in [0.5, 0.6) is 11.5 Å². The molecule has 0 atom stereocenters. The minimum absolute atomic E-state index is 0.593. The van der Waals surface area contributed by atoms with Crippen LogP contribution in [0, 0.1) is 0 Å². The van der Waals surface area contributed by atoms with E-state index < -0.39 is 0 Å². The molecule has 19 heavy (non-hydrogen) atoms. The predicted octanol–water partition coefficient (Wildman–Crippen LogP) is 1.93. The van der Waals surface area contributed by atoms with E-state index in [1.54, 1.807) is 0 Å². The van der Waals surface area contributed by atoms with Gasteiger partial charge in [-0.15, -0.1) is 0 Å². The van der Waals surface area contributed by atoms with Crippen LogP contribution >= 0.6 is 12.2 Å². The molecule has 1 aliphatic heterocycles. The summed E-state index contributed by atoms with van der Waals surface area (Å²) in [4.78, 5) is 2.05. The molecule has 0 saturated heterocycles. The molecule has 1 aromatic carbocycles. The van der Waals surface area contributed by atoms with Crippen molar-refractivity contribution in [2.45, 2.75) is 25.4 Å². The molecule has 1 fully saturated rings. The van der Waals surface area contributed by atoms with Gasteiger partial charge in [0.05, 0.1) is 0 Å². The maximum absolute atomic E-state index is 5.59. The Bertz CT molecular complexity index is 488. The van der Waals surface area contributed by atoms with E-state index in [1.165, 1.54) is 18.4 Å². The van der Waals surface area contributed by atoms with Crippen LogP contribution in [0.15, 0.2) is 18.2 Å². The van der Waals surface area contributed by atoms with Crippen molar-refractivity contribution in [1.29, 1.82) is 0 Å². The highest BCUT2D eigenvalue weighted by Gasteiger charge is 2.23. The molecular formula is C14H18N2O2S. The number of hydrogen-bond acceptors (Lipinski definition) is 3. The van der Waals surface area contributed by atoms with E-state index in [-0.39, 0.29) is 0 Å². The van der Waals surface area contributed by atoms with Gasteiger partial charge in [-0.1, -0.05) is 6.07 Å². The molecule has 2 aliphatic rings. The second-order valence-corrected chi connectivity index (χ2v) is 5.44. The summed E-state index contributed by atoms with van der Waals surface area (Å²) in [5.41, 5.74) is 1.17. The first-order chi connectivity index (χ1) is 9.22. The third-order valence-electron chi connectivity index (χ3n) is 3.28. The highest BCUT2D eigenvalue weighted by Crippen LogP contribution is 2.31. The van der Waals surface area contributed by atoms with Crippen molar-refractivity contribution in [2.24, 2.45) is 0 Å². The van der Waals surface area contributed by atoms with Gasteiger partial charge in [0.1, 0.15) is 13.2 Å². The minimum Gasteiger partial charge on any atom is -0.486 e. The number of fused-ring (bicyclic) bond motifs is 1. The van der Waals surface area contributed by atoms with Crippen LogP contribution in [0.25, 0.3) is 0 Å². The summed E-state index contributed by atoms with van der Waals surface area (Å²) in [6, 6.07) is 6.65. The average molecular weight is 278 g/mol. The quantitative estimate of drug-likeness (QED) is 0.855. The molecule has 102 valence electrons. The van der Waals surface area contributed by atoms with Gasteiger partial charge in [-0.3, -0.25) is 0 Å². The molecule has 0 radical (unpaired) electrons. The van der Waals surface area contributed by atoms with Crippen molar-refractivity contribution in [2.75, 3.05) is 20.3 Å². The smallest absolute Gasteiger partial charge is 0.169 e. The maximum Gasteiger partial charge on any atom is 0.169 e. The van der Waals surface area contributed by atoms with Crippen LogP contribution in [0.2, 0.25) is 0 Å². The number of nitrogens with zero attached hydrogens (tertiary/aromatic N) is 1. The summed E-state index contributed by atoms with van der Waals surface area (Å²) in [6.07, 6.45) is 2.47. The van der Waals surface area contributed by atoms with Gasteiger partial charge in [0.2, 0.25) is 0 Å². The maximum atomic E-state index is 5.59. The van der Waals surface area contributed by atoms with Crippen LogP contribution in [0.3, 0.4) is 0 Å². The standard InChI is InChI=1S/C14H18N2O2S/c1-16(14(19)15-11-3-4-11)9-10-2-5-12-13(8-10)18-7-6-17-12/h2,5,8,11H,3-4,6-7,9H2,1H3,(H,15,19). The third kappa shape index (κ3) is 3.10. The molecular weight excluding hydrogens is 260 g/mol. The molecule has 0 aromatic heterocycles. The molecule has 3 rings (SSSR count). The van der Waals surface area contributed by atoms with Gasteiger partial charge >= 0.3 is 0 Å². The Labute approximate surface area is 118 Å². The molecule has 1 heterocycles. The zero-order chi connectivity index (χ0) is 13.2.